The number of para-hydroxylation sites is 1. The van der Waals surface area contributed by atoms with E-state index in [0.717, 1.165) is 16.5 Å². The second-order valence-corrected chi connectivity index (χ2v) is 5.67. The van der Waals surface area contributed by atoms with Crippen molar-refractivity contribution in [3.05, 3.63) is 36.0 Å². The molecule has 0 amide bonds. The Balaban J connectivity index is 2.57. The number of fused-ring (bicyclic) bond motifs is 1. The van der Waals surface area contributed by atoms with Crippen LogP contribution in [0.3, 0.4) is 0 Å². The van der Waals surface area contributed by atoms with E-state index in [9.17, 15) is 9.59 Å². The molecule has 0 aliphatic carbocycles. The molecule has 0 radical (unpaired) electrons. The van der Waals surface area contributed by atoms with Crippen LogP contribution in [0.15, 0.2) is 30.5 Å². The number of ketones is 1. The zero-order valence-corrected chi connectivity index (χ0v) is 12.8. The molecule has 0 aliphatic rings. The van der Waals surface area contributed by atoms with Gasteiger partial charge < -0.3 is 9.72 Å². The lowest BCUT2D eigenvalue weighted by Gasteiger charge is -2.26. The van der Waals surface area contributed by atoms with Crippen LogP contribution >= 0.6 is 0 Å². The summed E-state index contributed by atoms with van der Waals surface area (Å²) in [5.74, 6) is -1.46. The van der Waals surface area contributed by atoms with Gasteiger partial charge in [0.25, 0.3) is 0 Å². The number of esters is 1. The van der Waals surface area contributed by atoms with E-state index in [1.165, 1.54) is 14.0 Å². The Hall–Kier alpha value is -2.10. The highest BCUT2D eigenvalue weighted by molar-refractivity contribution is 5.99. The molecule has 1 aromatic carbocycles. The van der Waals surface area contributed by atoms with Crippen molar-refractivity contribution in [1.29, 1.82) is 0 Å². The summed E-state index contributed by atoms with van der Waals surface area (Å²) in [5.41, 5.74) is 2.00. The number of aromatic amines is 1. The number of hydrogen-bond donors (Lipinski definition) is 1. The van der Waals surface area contributed by atoms with Gasteiger partial charge >= 0.3 is 5.97 Å². The number of rotatable bonds is 5. The van der Waals surface area contributed by atoms with Crippen molar-refractivity contribution in [3.63, 3.8) is 0 Å². The van der Waals surface area contributed by atoms with Crippen LogP contribution in [0.4, 0.5) is 0 Å². The van der Waals surface area contributed by atoms with E-state index < -0.39 is 11.9 Å². The maximum atomic E-state index is 12.1. The fraction of sp³-hybridized carbons (Fsp3) is 0.412. The van der Waals surface area contributed by atoms with E-state index in [0.29, 0.717) is 0 Å². The van der Waals surface area contributed by atoms with Crippen molar-refractivity contribution in [3.8, 4) is 0 Å². The van der Waals surface area contributed by atoms with Crippen LogP contribution in [-0.2, 0) is 14.3 Å². The van der Waals surface area contributed by atoms with E-state index >= 15 is 0 Å². The predicted octanol–water partition coefficient (Wildman–Crippen LogP) is 3.29. The van der Waals surface area contributed by atoms with Crippen molar-refractivity contribution >= 4 is 22.7 Å². The standard InChI is InChI=1S/C17H21NO3/c1-10(2)15(16(11(3)19)17(20)21-4)13-9-18-14-8-6-5-7-12(13)14/h5-10,15-16,18H,1-4H3/t15-,16-/m1/s1. The zero-order valence-electron chi connectivity index (χ0n) is 12.8. The minimum absolute atomic E-state index is 0.136. The van der Waals surface area contributed by atoms with E-state index in [4.69, 9.17) is 4.74 Å². The highest BCUT2D eigenvalue weighted by Crippen LogP contribution is 2.37. The summed E-state index contributed by atoms with van der Waals surface area (Å²) in [7, 11) is 1.32. The second-order valence-electron chi connectivity index (χ2n) is 5.67. The fourth-order valence-electron chi connectivity index (χ4n) is 2.99. The number of methoxy groups -OCH3 is 1. The lowest BCUT2D eigenvalue weighted by Crippen LogP contribution is -2.32. The molecule has 21 heavy (non-hydrogen) atoms. The van der Waals surface area contributed by atoms with Crippen molar-refractivity contribution < 1.29 is 14.3 Å². The Kier molecular flexibility index (Phi) is 4.46. The summed E-state index contributed by atoms with van der Waals surface area (Å²) >= 11 is 0. The van der Waals surface area contributed by atoms with E-state index in [-0.39, 0.29) is 17.6 Å². The number of aromatic nitrogens is 1. The number of nitrogens with one attached hydrogen (secondary N) is 1. The Morgan fingerprint density at radius 3 is 2.43 bits per heavy atom. The van der Waals surface area contributed by atoms with E-state index in [1.807, 2.05) is 44.3 Å². The molecule has 0 aliphatic heterocycles. The summed E-state index contributed by atoms with van der Waals surface area (Å²) in [6.07, 6.45) is 1.90. The number of hydrogen-bond acceptors (Lipinski definition) is 3. The molecule has 4 nitrogen and oxygen atoms in total. The van der Waals surface area contributed by atoms with Crippen LogP contribution in [0, 0.1) is 11.8 Å². The lowest BCUT2D eigenvalue weighted by molar-refractivity contribution is -0.150. The number of ether oxygens (including phenoxy) is 1. The third kappa shape index (κ3) is 2.84. The van der Waals surface area contributed by atoms with Crippen molar-refractivity contribution in [2.75, 3.05) is 7.11 Å². The quantitative estimate of drug-likeness (QED) is 0.678. The maximum absolute atomic E-state index is 12.1. The Labute approximate surface area is 124 Å². The number of carbonyl (C=O) groups excluding carboxylic acids is 2. The van der Waals surface area contributed by atoms with Crippen molar-refractivity contribution in [1.82, 2.24) is 4.98 Å². The van der Waals surface area contributed by atoms with Gasteiger partial charge in [0, 0.05) is 23.0 Å². The monoisotopic (exact) mass is 287 g/mol. The van der Waals surface area contributed by atoms with Gasteiger partial charge in [-0.15, -0.1) is 0 Å². The molecule has 1 heterocycles. The van der Waals surface area contributed by atoms with Gasteiger partial charge in [0.05, 0.1) is 7.11 Å². The van der Waals surface area contributed by atoms with Gasteiger partial charge in [-0.05, 0) is 24.5 Å². The largest absolute Gasteiger partial charge is 0.468 e. The Morgan fingerprint density at radius 2 is 1.86 bits per heavy atom. The average Bonchev–Trinajstić information content (AvgIpc) is 2.86. The molecule has 4 heteroatoms. The lowest BCUT2D eigenvalue weighted by atomic mass is 9.76. The van der Waals surface area contributed by atoms with Crippen LogP contribution in [0.25, 0.3) is 10.9 Å². The Morgan fingerprint density at radius 1 is 1.19 bits per heavy atom. The molecule has 0 spiro atoms. The summed E-state index contributed by atoms with van der Waals surface area (Å²) < 4.78 is 4.84. The van der Waals surface area contributed by atoms with Gasteiger partial charge in [-0.25, -0.2) is 0 Å². The minimum Gasteiger partial charge on any atom is -0.468 e. The minimum atomic E-state index is -0.769. The topological polar surface area (TPSA) is 59.2 Å². The molecule has 0 fully saturated rings. The molecular weight excluding hydrogens is 266 g/mol. The van der Waals surface area contributed by atoms with Crippen LogP contribution in [0.1, 0.15) is 32.3 Å². The fourth-order valence-corrected chi connectivity index (χ4v) is 2.99. The molecule has 1 aromatic heterocycles. The first kappa shape index (κ1) is 15.3. The summed E-state index contributed by atoms with van der Waals surface area (Å²) in [6, 6.07) is 7.90. The van der Waals surface area contributed by atoms with E-state index in [2.05, 4.69) is 4.98 Å². The SMILES string of the molecule is COC(=O)[C@H](C(C)=O)[C@@H](c1c[nH]c2ccccc12)C(C)C. The first-order chi connectivity index (χ1) is 9.97. The number of benzene rings is 1. The van der Waals surface area contributed by atoms with Crippen molar-refractivity contribution in [2.45, 2.75) is 26.7 Å². The van der Waals surface area contributed by atoms with Gasteiger partial charge in [-0.3, -0.25) is 9.59 Å². The second kappa shape index (κ2) is 6.12. The molecule has 0 saturated carbocycles. The van der Waals surface area contributed by atoms with Crippen LogP contribution < -0.4 is 0 Å². The van der Waals surface area contributed by atoms with Gasteiger partial charge in [-0.2, -0.15) is 0 Å². The van der Waals surface area contributed by atoms with Gasteiger partial charge in [0.1, 0.15) is 11.7 Å². The summed E-state index contributed by atoms with van der Waals surface area (Å²) in [5, 5.41) is 1.05. The predicted molar refractivity (Wildman–Crippen MR) is 82.1 cm³/mol. The molecule has 112 valence electrons. The molecule has 0 unspecified atom stereocenters. The third-order valence-electron chi connectivity index (χ3n) is 3.95. The molecule has 1 N–H and O–H groups in total. The number of carbonyl (C=O) groups is 2. The highest BCUT2D eigenvalue weighted by atomic mass is 16.5. The first-order valence-corrected chi connectivity index (χ1v) is 7.11. The van der Waals surface area contributed by atoms with Gasteiger partial charge in [0.15, 0.2) is 0 Å². The number of H-pyrrole nitrogens is 1. The summed E-state index contributed by atoms with van der Waals surface area (Å²) in [4.78, 5) is 27.3. The Bertz CT molecular complexity index is 657. The first-order valence-electron chi connectivity index (χ1n) is 7.11. The molecule has 2 aromatic rings. The molecular formula is C17H21NO3. The number of Topliss-reactive ketones (excluding diaryl/α,β-unsaturated/α-hetero) is 1. The zero-order chi connectivity index (χ0) is 15.6. The van der Waals surface area contributed by atoms with Gasteiger partial charge in [-0.1, -0.05) is 32.0 Å². The van der Waals surface area contributed by atoms with Crippen LogP contribution in [0.5, 0.6) is 0 Å². The smallest absolute Gasteiger partial charge is 0.316 e. The van der Waals surface area contributed by atoms with Gasteiger partial charge in [0.2, 0.25) is 0 Å². The van der Waals surface area contributed by atoms with Crippen LogP contribution in [0.2, 0.25) is 0 Å². The van der Waals surface area contributed by atoms with Crippen LogP contribution in [-0.4, -0.2) is 23.8 Å². The maximum Gasteiger partial charge on any atom is 0.316 e. The molecule has 2 rings (SSSR count). The van der Waals surface area contributed by atoms with E-state index in [1.54, 1.807) is 0 Å². The third-order valence-corrected chi connectivity index (χ3v) is 3.95. The summed E-state index contributed by atoms with van der Waals surface area (Å²) in [6.45, 7) is 5.49. The highest BCUT2D eigenvalue weighted by Gasteiger charge is 2.37. The molecule has 0 bridgehead atoms. The van der Waals surface area contributed by atoms with Crippen molar-refractivity contribution in [2.24, 2.45) is 11.8 Å². The average molecular weight is 287 g/mol. The molecule has 2 atom stereocenters. The molecule has 0 saturated heterocycles. The normalized spacial score (nSPS) is 14.1.